The van der Waals surface area contributed by atoms with Crippen LogP contribution >= 0.6 is 0 Å². The highest BCUT2D eigenvalue weighted by Crippen LogP contribution is 2.20. The Hall–Kier alpha value is -1.14. The molecule has 0 radical (unpaired) electrons. The van der Waals surface area contributed by atoms with E-state index >= 15 is 0 Å². The van der Waals surface area contributed by atoms with E-state index in [1.54, 1.807) is 0 Å². The lowest BCUT2D eigenvalue weighted by atomic mass is 10.0. The van der Waals surface area contributed by atoms with Crippen molar-refractivity contribution < 1.29 is 24.5 Å². The highest BCUT2D eigenvalue weighted by Gasteiger charge is 2.20. The minimum absolute atomic E-state index is 0.0252. The second-order valence-corrected chi connectivity index (χ2v) is 24.6. The largest absolute Gasteiger partial charge is 0.466 e. The van der Waals surface area contributed by atoms with E-state index in [0.29, 0.717) is 25.9 Å². The van der Waals surface area contributed by atoms with E-state index in [1.165, 1.54) is 340 Å². The molecule has 0 rings (SSSR count). The van der Waals surface area contributed by atoms with E-state index in [0.717, 1.165) is 38.5 Å². The molecule has 2 unspecified atom stereocenters. The number of aliphatic hydroxyl groups is 2. The molecule has 0 aliphatic rings. The van der Waals surface area contributed by atoms with E-state index in [1.807, 2.05) is 0 Å². The quantitative estimate of drug-likeness (QED) is 0.0417. The van der Waals surface area contributed by atoms with Crippen molar-refractivity contribution in [1.82, 2.24) is 5.32 Å². The first kappa shape index (κ1) is 74.9. The topological polar surface area (TPSA) is 95.9 Å². The first-order chi connectivity index (χ1) is 37.5. The maximum atomic E-state index is 12.5. The Morgan fingerprint density at radius 2 is 0.539 bits per heavy atom. The van der Waals surface area contributed by atoms with Gasteiger partial charge in [-0.1, -0.05) is 373 Å². The molecule has 2 atom stereocenters. The van der Waals surface area contributed by atoms with Crippen molar-refractivity contribution in [3.05, 3.63) is 0 Å². The van der Waals surface area contributed by atoms with Crippen LogP contribution in [0.2, 0.25) is 0 Å². The third-order valence-electron chi connectivity index (χ3n) is 16.9. The van der Waals surface area contributed by atoms with Crippen molar-refractivity contribution in [2.24, 2.45) is 0 Å². The van der Waals surface area contributed by atoms with Gasteiger partial charge in [0.2, 0.25) is 5.91 Å². The number of amides is 1. The van der Waals surface area contributed by atoms with Gasteiger partial charge in [0.05, 0.1) is 25.4 Å². The fraction of sp³-hybridized carbons (Fsp3) is 0.971. The zero-order valence-corrected chi connectivity index (χ0v) is 52.0. The molecule has 0 aromatic heterocycles. The summed E-state index contributed by atoms with van der Waals surface area (Å²) in [5.41, 5.74) is 0. The van der Waals surface area contributed by atoms with E-state index < -0.39 is 12.1 Å². The van der Waals surface area contributed by atoms with Crippen LogP contribution < -0.4 is 5.32 Å². The number of nitrogens with one attached hydrogen (secondary N) is 1. The normalized spacial score (nSPS) is 12.4. The van der Waals surface area contributed by atoms with Crippen LogP contribution in [0.4, 0.5) is 0 Å². The van der Waals surface area contributed by atoms with Crippen molar-refractivity contribution in [1.29, 1.82) is 0 Å². The van der Waals surface area contributed by atoms with Gasteiger partial charge in [0.1, 0.15) is 0 Å². The molecule has 0 spiro atoms. The van der Waals surface area contributed by atoms with Crippen LogP contribution in [0.1, 0.15) is 412 Å². The van der Waals surface area contributed by atoms with Gasteiger partial charge >= 0.3 is 5.97 Å². The average Bonchev–Trinajstić information content (AvgIpc) is 3.42. The Bertz CT molecular complexity index is 1100. The van der Waals surface area contributed by atoms with Gasteiger partial charge in [0.25, 0.3) is 0 Å². The monoisotopic (exact) mass is 1070 g/mol. The predicted octanol–water partition coefficient (Wildman–Crippen LogP) is 22.6. The lowest BCUT2D eigenvalue weighted by Gasteiger charge is -2.22. The number of hydrogen-bond donors (Lipinski definition) is 3. The number of aliphatic hydroxyl groups excluding tert-OH is 2. The zero-order valence-electron chi connectivity index (χ0n) is 52.0. The van der Waals surface area contributed by atoms with Gasteiger partial charge in [-0.25, -0.2) is 0 Å². The number of ether oxygens (including phenoxy) is 1. The summed E-state index contributed by atoms with van der Waals surface area (Å²) in [7, 11) is 0. The van der Waals surface area contributed by atoms with Gasteiger partial charge in [0.15, 0.2) is 0 Å². The molecule has 76 heavy (non-hydrogen) atoms. The summed E-state index contributed by atoms with van der Waals surface area (Å²) < 4.78 is 5.50. The fourth-order valence-corrected chi connectivity index (χ4v) is 11.5. The lowest BCUT2D eigenvalue weighted by Crippen LogP contribution is -2.45. The SMILES string of the molecule is CCCCCCCCCCCCCCCCCC(=O)OCCCCCCCCCCCCCCCCCCCCCCCCCCCCCCCCCCC(=O)NC(CO)C(O)CCCCCCCCCCCCCC. The second-order valence-electron chi connectivity index (χ2n) is 24.6. The van der Waals surface area contributed by atoms with E-state index in [9.17, 15) is 19.8 Å². The number of hydrogen-bond acceptors (Lipinski definition) is 5. The zero-order chi connectivity index (χ0) is 55.0. The van der Waals surface area contributed by atoms with Gasteiger partial charge in [-0.2, -0.15) is 0 Å². The Balaban J connectivity index is 3.28. The molecule has 6 heteroatoms. The van der Waals surface area contributed by atoms with Gasteiger partial charge < -0.3 is 20.3 Å². The summed E-state index contributed by atoms with van der Waals surface area (Å²) in [4.78, 5) is 24.6. The van der Waals surface area contributed by atoms with Crippen molar-refractivity contribution >= 4 is 11.9 Å². The molecule has 0 aromatic carbocycles. The fourth-order valence-electron chi connectivity index (χ4n) is 11.5. The number of carbonyl (C=O) groups excluding carboxylic acids is 2. The van der Waals surface area contributed by atoms with Crippen LogP contribution in [-0.4, -0.2) is 47.4 Å². The standard InChI is InChI=1S/C70H139NO5/c1-3-5-7-9-11-13-15-17-36-40-44-48-52-56-60-64-70(75)76-65-61-57-53-49-45-41-38-35-33-31-29-27-25-23-21-19-18-20-22-24-26-28-30-32-34-37-39-43-47-51-55-59-63-69(74)71-67(66-72)68(73)62-58-54-50-46-42-16-14-12-10-8-6-4-2/h67-68,72-73H,3-66H2,1-2H3,(H,71,74). The molecule has 3 N–H and O–H groups in total. The summed E-state index contributed by atoms with van der Waals surface area (Å²) in [6, 6.07) is -0.535. The summed E-state index contributed by atoms with van der Waals surface area (Å²) in [5, 5.41) is 23.3. The molecule has 454 valence electrons. The van der Waals surface area contributed by atoms with Crippen molar-refractivity contribution in [2.45, 2.75) is 424 Å². The van der Waals surface area contributed by atoms with Crippen molar-refractivity contribution in [2.75, 3.05) is 13.2 Å². The second kappa shape index (κ2) is 66.4. The van der Waals surface area contributed by atoms with Crippen LogP contribution in [-0.2, 0) is 14.3 Å². The van der Waals surface area contributed by atoms with Crippen molar-refractivity contribution in [3.63, 3.8) is 0 Å². The van der Waals surface area contributed by atoms with Crippen LogP contribution in [0.3, 0.4) is 0 Å². The maximum Gasteiger partial charge on any atom is 0.305 e. The van der Waals surface area contributed by atoms with Gasteiger partial charge in [-0.15, -0.1) is 0 Å². The number of carbonyl (C=O) groups is 2. The Kier molecular flexibility index (Phi) is 65.4. The molecule has 0 aromatic rings. The molecule has 0 saturated carbocycles. The van der Waals surface area contributed by atoms with E-state index in [4.69, 9.17) is 4.74 Å². The van der Waals surface area contributed by atoms with E-state index in [2.05, 4.69) is 19.2 Å². The van der Waals surface area contributed by atoms with E-state index in [-0.39, 0.29) is 18.5 Å². The Morgan fingerprint density at radius 1 is 0.316 bits per heavy atom. The summed E-state index contributed by atoms with van der Waals surface area (Å²) in [5.74, 6) is -0.00295. The lowest BCUT2D eigenvalue weighted by molar-refractivity contribution is -0.143. The maximum absolute atomic E-state index is 12.5. The number of esters is 1. The van der Waals surface area contributed by atoms with Crippen molar-refractivity contribution in [3.8, 4) is 0 Å². The average molecular weight is 1070 g/mol. The number of rotatable bonds is 67. The van der Waals surface area contributed by atoms with Crippen LogP contribution in [0.5, 0.6) is 0 Å². The molecule has 0 aliphatic carbocycles. The Morgan fingerprint density at radius 3 is 0.803 bits per heavy atom. The molecule has 6 nitrogen and oxygen atoms in total. The highest BCUT2D eigenvalue weighted by atomic mass is 16.5. The molecule has 0 fully saturated rings. The Labute approximate surface area is 476 Å². The van der Waals surface area contributed by atoms with Crippen LogP contribution in [0, 0.1) is 0 Å². The van der Waals surface area contributed by atoms with Gasteiger partial charge in [0, 0.05) is 12.8 Å². The molecule has 0 heterocycles. The summed E-state index contributed by atoms with van der Waals surface area (Å²) in [6.07, 6.45) is 80.2. The van der Waals surface area contributed by atoms with Gasteiger partial charge in [-0.3, -0.25) is 9.59 Å². The van der Waals surface area contributed by atoms with Crippen LogP contribution in [0.25, 0.3) is 0 Å². The predicted molar refractivity (Wildman–Crippen MR) is 334 cm³/mol. The molecule has 0 bridgehead atoms. The third kappa shape index (κ3) is 62.1. The molecule has 0 aliphatic heterocycles. The first-order valence-corrected chi connectivity index (χ1v) is 35.3. The minimum Gasteiger partial charge on any atom is -0.466 e. The molecule has 0 saturated heterocycles. The first-order valence-electron chi connectivity index (χ1n) is 35.3. The highest BCUT2D eigenvalue weighted by molar-refractivity contribution is 5.76. The molecular formula is C70H139NO5. The molecule has 1 amide bonds. The minimum atomic E-state index is -0.659. The van der Waals surface area contributed by atoms with Gasteiger partial charge in [-0.05, 0) is 25.7 Å². The smallest absolute Gasteiger partial charge is 0.305 e. The molecular weight excluding hydrogens is 935 g/mol. The summed E-state index contributed by atoms with van der Waals surface area (Å²) in [6.45, 7) is 4.99. The summed E-state index contributed by atoms with van der Waals surface area (Å²) >= 11 is 0. The van der Waals surface area contributed by atoms with Crippen LogP contribution in [0.15, 0.2) is 0 Å². The number of unbranched alkanes of at least 4 members (excludes halogenated alkanes) is 56. The third-order valence-corrected chi connectivity index (χ3v) is 16.9.